The van der Waals surface area contributed by atoms with Crippen LogP contribution >= 0.6 is 12.4 Å². The second-order valence-electron chi connectivity index (χ2n) is 9.17. The minimum atomic E-state index is -0.356. The van der Waals surface area contributed by atoms with Gasteiger partial charge in [0.1, 0.15) is 5.56 Å². The number of nitrogens with two attached hydrogens (primary N) is 1. The number of benzene rings is 1. The molecule has 2 aromatic heterocycles. The van der Waals surface area contributed by atoms with Crippen molar-refractivity contribution in [3.8, 4) is 5.69 Å². The summed E-state index contributed by atoms with van der Waals surface area (Å²) in [6, 6.07) is 8.58. The third kappa shape index (κ3) is 4.54. The van der Waals surface area contributed by atoms with E-state index in [2.05, 4.69) is 39.7 Å². The van der Waals surface area contributed by atoms with E-state index in [4.69, 9.17) is 10.5 Å². The molecule has 1 aromatic carbocycles. The molecule has 0 saturated heterocycles. The van der Waals surface area contributed by atoms with Crippen LogP contribution in [0.3, 0.4) is 0 Å². The predicted octanol–water partition coefficient (Wildman–Crippen LogP) is 3.71. The van der Waals surface area contributed by atoms with Gasteiger partial charge in [-0.05, 0) is 61.8 Å². The van der Waals surface area contributed by atoms with Gasteiger partial charge in [-0.3, -0.25) is 4.68 Å². The summed E-state index contributed by atoms with van der Waals surface area (Å²) >= 11 is 0. The largest absolute Gasteiger partial charge is 0.465 e. The lowest BCUT2D eigenvalue weighted by molar-refractivity contribution is 0.0599. The van der Waals surface area contributed by atoms with Crippen LogP contribution < -0.4 is 5.73 Å². The Morgan fingerprint density at radius 3 is 2.82 bits per heavy atom. The van der Waals surface area contributed by atoms with Crippen LogP contribution in [0, 0.1) is 5.92 Å². The molecule has 2 saturated carbocycles. The van der Waals surface area contributed by atoms with E-state index in [0.717, 1.165) is 36.5 Å². The maximum absolute atomic E-state index is 12.5. The van der Waals surface area contributed by atoms with Crippen molar-refractivity contribution in [1.29, 1.82) is 0 Å². The number of carbonyl (C=O) groups is 1. The fourth-order valence-electron chi connectivity index (χ4n) is 5.27. The third-order valence-corrected chi connectivity index (χ3v) is 7.06. The molecular formula is C24H31ClN6O2. The first-order valence-electron chi connectivity index (χ1n) is 11.4. The van der Waals surface area contributed by atoms with E-state index in [9.17, 15) is 4.79 Å². The van der Waals surface area contributed by atoms with Crippen LogP contribution in [-0.2, 0) is 11.8 Å². The standard InChI is InChI=1S/C24H30N6O2.ClH/c1-29-14-22(27-28-29)19-11-20(19)23-21(24(31)32-2)13-26-30(23)18-8-4-7-17(10-18)16-6-3-5-15(9-16)12-25;/h4,7-8,10,13-16,19-20H,3,5-6,9,11-12,25H2,1-2H3;1H/t15-,16-,19?,20?;/m0./s1. The van der Waals surface area contributed by atoms with Crippen molar-refractivity contribution in [1.82, 2.24) is 24.8 Å². The summed E-state index contributed by atoms with van der Waals surface area (Å²) in [5, 5.41) is 13.0. The Hall–Kier alpha value is -2.71. The molecule has 0 aliphatic heterocycles. The number of hydrogen-bond donors (Lipinski definition) is 1. The zero-order valence-corrected chi connectivity index (χ0v) is 19.9. The number of methoxy groups -OCH3 is 1. The van der Waals surface area contributed by atoms with E-state index >= 15 is 0 Å². The zero-order valence-electron chi connectivity index (χ0n) is 19.1. The summed E-state index contributed by atoms with van der Waals surface area (Å²) in [6.07, 6.45) is 9.26. The molecule has 8 nitrogen and oxygen atoms in total. The van der Waals surface area contributed by atoms with Crippen molar-refractivity contribution in [2.45, 2.75) is 49.9 Å². The Balaban J connectivity index is 0.00000259. The fraction of sp³-hybridized carbons (Fsp3) is 0.500. The van der Waals surface area contributed by atoms with Gasteiger partial charge in [0.2, 0.25) is 0 Å². The van der Waals surface area contributed by atoms with Gasteiger partial charge in [-0.1, -0.05) is 23.8 Å². The molecule has 2 unspecified atom stereocenters. The molecule has 2 heterocycles. The number of halogens is 1. The maximum atomic E-state index is 12.5. The second kappa shape index (κ2) is 9.65. The highest BCUT2D eigenvalue weighted by molar-refractivity contribution is 5.91. The minimum absolute atomic E-state index is 0. The summed E-state index contributed by atoms with van der Waals surface area (Å²) in [5.41, 5.74) is 10.6. The molecule has 2 N–H and O–H groups in total. The van der Waals surface area contributed by atoms with Gasteiger partial charge in [-0.2, -0.15) is 5.10 Å². The minimum Gasteiger partial charge on any atom is -0.465 e. The number of ether oxygens (including phenoxy) is 1. The lowest BCUT2D eigenvalue weighted by Gasteiger charge is -2.28. The number of esters is 1. The van der Waals surface area contributed by atoms with Gasteiger partial charge in [0.15, 0.2) is 0 Å². The van der Waals surface area contributed by atoms with Crippen LogP contribution in [0.1, 0.15) is 77.2 Å². The summed E-state index contributed by atoms with van der Waals surface area (Å²) in [5.74, 6) is 1.15. The first-order chi connectivity index (χ1) is 15.6. The smallest absolute Gasteiger partial charge is 0.341 e. The Labute approximate surface area is 199 Å². The van der Waals surface area contributed by atoms with Crippen molar-refractivity contribution in [2.24, 2.45) is 18.7 Å². The number of carbonyl (C=O) groups excluding carboxylic acids is 1. The number of rotatable bonds is 6. The van der Waals surface area contributed by atoms with E-state index < -0.39 is 0 Å². The average Bonchev–Trinajstić information content (AvgIpc) is 3.28. The molecule has 0 spiro atoms. The van der Waals surface area contributed by atoms with Gasteiger partial charge in [0, 0.05) is 25.1 Å². The van der Waals surface area contributed by atoms with E-state index in [-0.39, 0.29) is 30.2 Å². The van der Waals surface area contributed by atoms with Crippen LogP contribution in [0.5, 0.6) is 0 Å². The van der Waals surface area contributed by atoms with Gasteiger partial charge >= 0.3 is 5.97 Å². The van der Waals surface area contributed by atoms with Crippen LogP contribution in [0.4, 0.5) is 0 Å². The molecule has 176 valence electrons. The molecule has 2 fully saturated rings. The zero-order chi connectivity index (χ0) is 22.2. The van der Waals surface area contributed by atoms with Gasteiger partial charge in [-0.15, -0.1) is 17.5 Å². The maximum Gasteiger partial charge on any atom is 0.341 e. The first-order valence-corrected chi connectivity index (χ1v) is 11.4. The van der Waals surface area contributed by atoms with E-state index in [1.54, 1.807) is 10.9 Å². The van der Waals surface area contributed by atoms with Crippen molar-refractivity contribution in [3.63, 3.8) is 0 Å². The lowest BCUT2D eigenvalue weighted by Crippen LogP contribution is -2.21. The number of aromatic nitrogens is 5. The SMILES string of the molecule is COC(=O)c1cnn(-c2cccc([C@H]3CCC[C@H](CN)C3)c2)c1C1CC1c1cn(C)nn1.Cl. The number of aryl methyl sites for hydroxylation is 1. The van der Waals surface area contributed by atoms with Crippen molar-refractivity contribution in [3.05, 3.63) is 59.2 Å². The lowest BCUT2D eigenvalue weighted by atomic mass is 9.78. The Kier molecular flexibility index (Phi) is 6.86. The van der Waals surface area contributed by atoms with Gasteiger partial charge in [0.25, 0.3) is 0 Å². The summed E-state index contributed by atoms with van der Waals surface area (Å²) < 4.78 is 8.69. The summed E-state index contributed by atoms with van der Waals surface area (Å²) in [6.45, 7) is 0.757. The molecule has 33 heavy (non-hydrogen) atoms. The molecular weight excluding hydrogens is 440 g/mol. The molecule has 9 heteroatoms. The van der Waals surface area contributed by atoms with Crippen LogP contribution in [0.25, 0.3) is 5.69 Å². The van der Waals surface area contributed by atoms with Gasteiger partial charge in [0.05, 0.1) is 30.4 Å². The molecule has 0 amide bonds. The van der Waals surface area contributed by atoms with Crippen LogP contribution in [0.15, 0.2) is 36.7 Å². The van der Waals surface area contributed by atoms with E-state index in [1.165, 1.54) is 31.9 Å². The Morgan fingerprint density at radius 1 is 1.24 bits per heavy atom. The average molecular weight is 471 g/mol. The molecule has 5 rings (SSSR count). The number of nitrogens with zero attached hydrogens (tertiary/aromatic N) is 5. The van der Waals surface area contributed by atoms with Crippen LogP contribution in [0.2, 0.25) is 0 Å². The molecule has 0 bridgehead atoms. The summed E-state index contributed by atoms with van der Waals surface area (Å²) in [4.78, 5) is 12.5. The quantitative estimate of drug-likeness (QED) is 0.551. The molecule has 4 atom stereocenters. The highest BCUT2D eigenvalue weighted by atomic mass is 35.5. The van der Waals surface area contributed by atoms with Gasteiger partial charge < -0.3 is 10.5 Å². The topological polar surface area (TPSA) is 101 Å². The summed E-state index contributed by atoms with van der Waals surface area (Å²) in [7, 11) is 3.28. The molecule has 3 aromatic rings. The van der Waals surface area contributed by atoms with E-state index in [0.29, 0.717) is 17.4 Å². The predicted molar refractivity (Wildman–Crippen MR) is 127 cm³/mol. The number of hydrogen-bond acceptors (Lipinski definition) is 6. The van der Waals surface area contributed by atoms with Gasteiger partial charge in [-0.25, -0.2) is 9.48 Å². The van der Waals surface area contributed by atoms with Crippen molar-refractivity contribution < 1.29 is 9.53 Å². The van der Waals surface area contributed by atoms with Crippen molar-refractivity contribution >= 4 is 18.4 Å². The van der Waals surface area contributed by atoms with E-state index in [1.807, 2.05) is 17.9 Å². The highest BCUT2D eigenvalue weighted by Gasteiger charge is 2.46. The molecule has 0 radical (unpaired) electrons. The molecule has 2 aliphatic rings. The Bertz CT molecular complexity index is 1130. The fourth-order valence-corrected chi connectivity index (χ4v) is 5.27. The monoisotopic (exact) mass is 470 g/mol. The first kappa shape index (κ1) is 23.4. The third-order valence-electron chi connectivity index (χ3n) is 7.06. The highest BCUT2D eigenvalue weighted by Crippen LogP contribution is 2.55. The van der Waals surface area contributed by atoms with Crippen LogP contribution in [-0.4, -0.2) is 44.4 Å². The molecule has 2 aliphatic carbocycles. The second-order valence-corrected chi connectivity index (χ2v) is 9.17. The normalized spacial score (nSPS) is 24.2. The Morgan fingerprint density at radius 2 is 2.09 bits per heavy atom. The van der Waals surface area contributed by atoms with Crippen molar-refractivity contribution in [2.75, 3.05) is 13.7 Å².